The zero-order valence-electron chi connectivity index (χ0n) is 18.7. The van der Waals surface area contributed by atoms with E-state index in [1.165, 1.54) is 25.3 Å². The minimum Gasteiger partial charge on any atom is -0.468 e. The molecule has 0 radical (unpaired) electrons. The number of thioether (sulfide) groups is 1. The summed E-state index contributed by atoms with van der Waals surface area (Å²) in [7, 11) is 1.25. The van der Waals surface area contributed by atoms with E-state index in [2.05, 4.69) is 5.32 Å². The maximum absolute atomic E-state index is 14.2. The largest absolute Gasteiger partial charge is 0.468 e. The lowest BCUT2D eigenvalue weighted by Crippen LogP contribution is -2.43. The van der Waals surface area contributed by atoms with Gasteiger partial charge in [-0.1, -0.05) is 26.0 Å². The molecular weight excluding hydrogens is 433 g/mol. The van der Waals surface area contributed by atoms with Gasteiger partial charge in [-0.05, 0) is 42.7 Å². The number of methoxy groups -OCH3 is 1. The van der Waals surface area contributed by atoms with E-state index in [-0.39, 0.29) is 18.1 Å². The molecule has 0 unspecified atom stereocenters. The Balaban J connectivity index is 2.07. The summed E-state index contributed by atoms with van der Waals surface area (Å²) in [6.07, 6.45) is 0.430. The van der Waals surface area contributed by atoms with Crippen LogP contribution in [0, 0.1) is 17.7 Å². The van der Waals surface area contributed by atoms with Gasteiger partial charge in [0.2, 0.25) is 0 Å². The van der Waals surface area contributed by atoms with Crippen molar-refractivity contribution >= 4 is 29.5 Å². The lowest BCUT2D eigenvalue weighted by atomic mass is 9.69. The van der Waals surface area contributed by atoms with Crippen LogP contribution in [0.3, 0.4) is 0 Å². The number of carbonyl (C=O) groups excluding carboxylic acids is 3. The van der Waals surface area contributed by atoms with E-state index >= 15 is 0 Å². The van der Waals surface area contributed by atoms with E-state index in [1.807, 2.05) is 13.8 Å². The summed E-state index contributed by atoms with van der Waals surface area (Å²) in [5, 5.41) is 3.19. The fourth-order valence-corrected chi connectivity index (χ4v) is 4.88. The molecule has 1 N–H and O–H groups in total. The fourth-order valence-electron chi connectivity index (χ4n) is 4.39. The van der Waals surface area contributed by atoms with Gasteiger partial charge < -0.3 is 14.8 Å². The molecule has 1 aliphatic carbocycles. The number of halogens is 1. The predicted octanol–water partition coefficient (Wildman–Crippen LogP) is 3.74. The molecule has 1 aromatic carbocycles. The van der Waals surface area contributed by atoms with E-state index in [4.69, 9.17) is 9.47 Å². The molecule has 6 nitrogen and oxygen atoms in total. The zero-order valence-corrected chi connectivity index (χ0v) is 19.5. The van der Waals surface area contributed by atoms with E-state index in [9.17, 15) is 18.8 Å². The number of hydrogen-bond acceptors (Lipinski definition) is 7. The van der Waals surface area contributed by atoms with Gasteiger partial charge in [-0.3, -0.25) is 9.59 Å². The number of rotatable bonds is 7. The van der Waals surface area contributed by atoms with Crippen LogP contribution in [0.5, 0.6) is 0 Å². The Bertz CT molecular complexity index is 986. The summed E-state index contributed by atoms with van der Waals surface area (Å²) in [5.74, 6) is -2.59. The van der Waals surface area contributed by atoms with Crippen molar-refractivity contribution in [3.8, 4) is 0 Å². The van der Waals surface area contributed by atoms with Gasteiger partial charge in [-0.15, -0.1) is 0 Å². The molecule has 1 aromatic rings. The first-order valence-corrected chi connectivity index (χ1v) is 11.8. The first-order valence-electron chi connectivity index (χ1n) is 10.6. The molecule has 32 heavy (non-hydrogen) atoms. The second kappa shape index (κ2) is 10.3. The van der Waals surface area contributed by atoms with Crippen molar-refractivity contribution in [2.24, 2.45) is 11.8 Å². The quantitative estimate of drug-likeness (QED) is 0.376. The second-order valence-electron chi connectivity index (χ2n) is 7.92. The smallest absolute Gasteiger partial charge is 0.336 e. The number of hydrogen-bond donors (Lipinski definition) is 1. The summed E-state index contributed by atoms with van der Waals surface area (Å²) >= 11 is 1.65. The SMILES string of the molecule is CCSCCOC(=O)C1=C(C)NC2=C(C(=O)[C@H](C(=O)OC)[C@H](C)C2)[C@@H]1c1cccc(F)c1. The van der Waals surface area contributed by atoms with Gasteiger partial charge in [0.25, 0.3) is 0 Å². The Morgan fingerprint density at radius 3 is 2.72 bits per heavy atom. The van der Waals surface area contributed by atoms with Crippen molar-refractivity contribution in [3.63, 3.8) is 0 Å². The Hall–Kier alpha value is -2.61. The number of dihydropyridines is 1. The zero-order chi connectivity index (χ0) is 23.4. The Kier molecular flexibility index (Phi) is 7.77. The molecule has 0 amide bonds. The lowest BCUT2D eigenvalue weighted by molar-refractivity contribution is -0.151. The molecule has 0 saturated heterocycles. The fraction of sp³-hybridized carbons (Fsp3) is 0.458. The summed E-state index contributed by atoms with van der Waals surface area (Å²) in [4.78, 5) is 39.0. The molecule has 0 fully saturated rings. The van der Waals surface area contributed by atoms with Gasteiger partial charge in [-0.25, -0.2) is 9.18 Å². The number of ketones is 1. The lowest BCUT2D eigenvalue weighted by Gasteiger charge is -2.38. The highest BCUT2D eigenvalue weighted by Crippen LogP contribution is 2.45. The Morgan fingerprint density at radius 1 is 1.31 bits per heavy atom. The third-order valence-electron chi connectivity index (χ3n) is 5.81. The van der Waals surface area contributed by atoms with E-state index in [0.717, 1.165) is 5.75 Å². The molecule has 0 spiro atoms. The molecule has 1 aliphatic heterocycles. The third-order valence-corrected chi connectivity index (χ3v) is 6.67. The number of esters is 2. The average Bonchev–Trinajstić information content (AvgIpc) is 2.75. The van der Waals surface area contributed by atoms with Gasteiger partial charge in [-0.2, -0.15) is 11.8 Å². The number of nitrogens with one attached hydrogen (secondary N) is 1. The summed E-state index contributed by atoms with van der Waals surface area (Å²) in [5.41, 5.74) is 2.21. The van der Waals surface area contributed by atoms with Crippen LogP contribution in [0.1, 0.15) is 38.7 Å². The first-order chi connectivity index (χ1) is 15.3. The summed E-state index contributed by atoms with van der Waals surface area (Å²) in [6.45, 7) is 5.81. The van der Waals surface area contributed by atoms with Crippen LogP contribution in [0.25, 0.3) is 0 Å². The molecular formula is C24H28FNO5S. The Morgan fingerprint density at radius 2 is 2.06 bits per heavy atom. The second-order valence-corrected chi connectivity index (χ2v) is 9.32. The minimum atomic E-state index is -0.978. The minimum absolute atomic E-state index is 0.228. The normalized spacial score (nSPS) is 22.9. The van der Waals surface area contributed by atoms with Gasteiger partial charge in [0.15, 0.2) is 5.78 Å². The van der Waals surface area contributed by atoms with Crippen molar-refractivity contribution in [3.05, 3.63) is 58.2 Å². The van der Waals surface area contributed by atoms with Gasteiger partial charge in [0.1, 0.15) is 18.3 Å². The first kappa shape index (κ1) is 24.0. The van der Waals surface area contributed by atoms with Crippen LogP contribution >= 0.6 is 11.8 Å². The molecule has 2 aliphatic rings. The van der Waals surface area contributed by atoms with Gasteiger partial charge in [0.05, 0.1) is 12.7 Å². The third kappa shape index (κ3) is 4.75. The van der Waals surface area contributed by atoms with Crippen LogP contribution in [0.2, 0.25) is 0 Å². The van der Waals surface area contributed by atoms with E-state index in [0.29, 0.717) is 34.7 Å². The Labute approximate surface area is 191 Å². The van der Waals surface area contributed by atoms with Crippen molar-refractivity contribution < 1.29 is 28.2 Å². The standard InChI is InChI=1S/C24H28FNO5S/c1-5-32-10-9-31-24(29)19-14(3)26-17-11-13(2)18(23(28)30-4)22(27)21(17)20(19)15-7-6-8-16(25)12-15/h6-8,12-13,18,20,26H,5,9-11H2,1-4H3/t13-,18-,20-/m1/s1. The molecule has 0 bridgehead atoms. The highest BCUT2D eigenvalue weighted by atomic mass is 32.2. The van der Waals surface area contributed by atoms with Crippen LogP contribution < -0.4 is 5.32 Å². The molecule has 172 valence electrons. The number of ether oxygens (including phenoxy) is 2. The van der Waals surface area contributed by atoms with E-state index < -0.39 is 35.4 Å². The average molecular weight is 462 g/mol. The van der Waals surface area contributed by atoms with E-state index in [1.54, 1.807) is 24.8 Å². The molecule has 8 heteroatoms. The number of benzene rings is 1. The van der Waals surface area contributed by atoms with Crippen LogP contribution in [0.4, 0.5) is 4.39 Å². The van der Waals surface area contributed by atoms with Crippen LogP contribution in [0.15, 0.2) is 46.8 Å². The van der Waals surface area contributed by atoms with Crippen LogP contribution in [-0.4, -0.2) is 42.9 Å². The highest BCUT2D eigenvalue weighted by Gasteiger charge is 2.47. The molecule has 0 aromatic heterocycles. The van der Waals surface area contributed by atoms with Crippen molar-refractivity contribution in [1.82, 2.24) is 5.32 Å². The molecule has 0 saturated carbocycles. The number of Topliss-reactive ketones (excluding diaryl/α,β-unsaturated/α-hetero) is 1. The molecule has 3 atom stereocenters. The molecule has 1 heterocycles. The van der Waals surface area contributed by atoms with Crippen molar-refractivity contribution in [1.29, 1.82) is 0 Å². The maximum atomic E-state index is 14.2. The maximum Gasteiger partial charge on any atom is 0.336 e. The summed E-state index contributed by atoms with van der Waals surface area (Å²) in [6, 6.07) is 5.83. The highest BCUT2D eigenvalue weighted by molar-refractivity contribution is 7.99. The van der Waals surface area contributed by atoms with Crippen molar-refractivity contribution in [2.45, 2.75) is 33.1 Å². The topological polar surface area (TPSA) is 81.7 Å². The van der Waals surface area contributed by atoms with Gasteiger partial charge in [0, 0.05) is 28.6 Å². The summed E-state index contributed by atoms with van der Waals surface area (Å²) < 4.78 is 24.5. The van der Waals surface area contributed by atoms with Crippen molar-refractivity contribution in [2.75, 3.05) is 25.2 Å². The molecule has 3 rings (SSSR count). The van der Waals surface area contributed by atoms with Gasteiger partial charge >= 0.3 is 11.9 Å². The predicted molar refractivity (Wildman–Crippen MR) is 120 cm³/mol. The van der Waals surface area contributed by atoms with Crippen LogP contribution in [-0.2, 0) is 23.9 Å². The monoisotopic (exact) mass is 461 g/mol. The number of carbonyl (C=O) groups is 3. The number of allylic oxidation sites excluding steroid dienone is 3.